The predicted molar refractivity (Wildman–Crippen MR) is 86.9 cm³/mol. The SMILES string of the molecule is O=c1cc(NN=C2CCN(Cc3ccccc3)CC2)nc[nH]1. The predicted octanol–water partition coefficient (Wildman–Crippen LogP) is 1.83. The van der Waals surface area contributed by atoms with Crippen molar-refractivity contribution in [1.82, 2.24) is 14.9 Å². The van der Waals surface area contributed by atoms with Gasteiger partial charge in [0, 0.05) is 44.3 Å². The van der Waals surface area contributed by atoms with Crippen molar-refractivity contribution < 1.29 is 0 Å². The monoisotopic (exact) mass is 297 g/mol. The largest absolute Gasteiger partial charge is 0.313 e. The zero-order chi connectivity index (χ0) is 15.2. The smallest absolute Gasteiger partial charge is 0.252 e. The summed E-state index contributed by atoms with van der Waals surface area (Å²) >= 11 is 0. The van der Waals surface area contributed by atoms with Gasteiger partial charge in [0.1, 0.15) is 0 Å². The van der Waals surface area contributed by atoms with Crippen LogP contribution in [0.4, 0.5) is 5.82 Å². The van der Waals surface area contributed by atoms with Crippen molar-refractivity contribution in [2.75, 3.05) is 18.5 Å². The highest BCUT2D eigenvalue weighted by Crippen LogP contribution is 2.12. The van der Waals surface area contributed by atoms with Crippen LogP contribution in [0.15, 0.2) is 52.6 Å². The van der Waals surface area contributed by atoms with Crippen molar-refractivity contribution in [1.29, 1.82) is 0 Å². The van der Waals surface area contributed by atoms with Gasteiger partial charge in [0.25, 0.3) is 5.56 Å². The molecule has 1 aliphatic heterocycles. The molecule has 0 radical (unpaired) electrons. The summed E-state index contributed by atoms with van der Waals surface area (Å²) in [6, 6.07) is 11.9. The van der Waals surface area contributed by atoms with Gasteiger partial charge in [-0.2, -0.15) is 5.10 Å². The highest BCUT2D eigenvalue weighted by atomic mass is 16.1. The van der Waals surface area contributed by atoms with Gasteiger partial charge in [0.05, 0.1) is 6.33 Å². The molecule has 0 unspecified atom stereocenters. The van der Waals surface area contributed by atoms with Gasteiger partial charge < -0.3 is 4.98 Å². The number of H-pyrrole nitrogens is 1. The summed E-state index contributed by atoms with van der Waals surface area (Å²) in [4.78, 5) is 20.1. The molecular weight excluding hydrogens is 278 g/mol. The van der Waals surface area contributed by atoms with E-state index in [0.717, 1.165) is 38.2 Å². The summed E-state index contributed by atoms with van der Waals surface area (Å²) in [5.74, 6) is 0.475. The van der Waals surface area contributed by atoms with Crippen LogP contribution >= 0.6 is 0 Å². The molecule has 1 aromatic heterocycles. The quantitative estimate of drug-likeness (QED) is 0.845. The third-order valence-electron chi connectivity index (χ3n) is 3.69. The molecule has 6 heteroatoms. The van der Waals surface area contributed by atoms with Gasteiger partial charge in [-0.15, -0.1) is 0 Å². The minimum atomic E-state index is -0.185. The number of hydrazone groups is 1. The molecule has 0 saturated carbocycles. The lowest BCUT2D eigenvalue weighted by molar-refractivity contribution is 0.266. The van der Waals surface area contributed by atoms with E-state index in [9.17, 15) is 4.79 Å². The zero-order valence-electron chi connectivity index (χ0n) is 12.3. The number of rotatable bonds is 4. The van der Waals surface area contributed by atoms with Crippen molar-refractivity contribution in [3.05, 3.63) is 58.6 Å². The number of likely N-dealkylation sites (tertiary alicyclic amines) is 1. The molecule has 0 spiro atoms. The maximum Gasteiger partial charge on any atom is 0.252 e. The minimum Gasteiger partial charge on any atom is -0.313 e. The Morgan fingerprint density at radius 2 is 2.00 bits per heavy atom. The van der Waals surface area contributed by atoms with Crippen molar-refractivity contribution in [3.8, 4) is 0 Å². The number of aromatic amines is 1. The molecule has 0 amide bonds. The normalized spacial score (nSPS) is 15.5. The second-order valence-corrected chi connectivity index (χ2v) is 5.35. The molecular formula is C16H19N5O. The average Bonchev–Trinajstić information content (AvgIpc) is 2.55. The fourth-order valence-electron chi connectivity index (χ4n) is 2.49. The van der Waals surface area contributed by atoms with E-state index in [4.69, 9.17) is 0 Å². The maximum atomic E-state index is 11.2. The summed E-state index contributed by atoms with van der Waals surface area (Å²) in [5, 5.41) is 4.36. The van der Waals surface area contributed by atoms with E-state index in [1.165, 1.54) is 18.0 Å². The molecule has 2 aromatic rings. The van der Waals surface area contributed by atoms with Gasteiger partial charge in [0.15, 0.2) is 5.82 Å². The van der Waals surface area contributed by atoms with Crippen LogP contribution in [0, 0.1) is 0 Å². The van der Waals surface area contributed by atoms with Crippen LogP contribution in [0.3, 0.4) is 0 Å². The Bertz CT molecular complexity index is 685. The maximum absolute atomic E-state index is 11.2. The van der Waals surface area contributed by atoms with E-state index in [1.807, 2.05) is 6.07 Å². The first kappa shape index (κ1) is 14.5. The number of aromatic nitrogens is 2. The summed E-state index contributed by atoms with van der Waals surface area (Å²) in [6.07, 6.45) is 3.24. The van der Waals surface area contributed by atoms with Crippen LogP contribution in [0.2, 0.25) is 0 Å². The highest BCUT2D eigenvalue weighted by Gasteiger charge is 2.15. The Balaban J connectivity index is 1.51. The Morgan fingerprint density at radius 3 is 2.73 bits per heavy atom. The molecule has 2 N–H and O–H groups in total. The average molecular weight is 297 g/mol. The number of anilines is 1. The standard InChI is InChI=1S/C16H19N5O/c22-16-10-15(17-12-18-16)20-19-14-6-8-21(9-7-14)11-13-4-2-1-3-5-13/h1-5,10,12H,6-9,11H2,(H2,17,18,20,22). The van der Waals surface area contributed by atoms with Gasteiger partial charge in [-0.05, 0) is 5.56 Å². The molecule has 1 saturated heterocycles. The van der Waals surface area contributed by atoms with Crippen LogP contribution < -0.4 is 11.0 Å². The van der Waals surface area contributed by atoms with Gasteiger partial charge in [-0.3, -0.25) is 15.1 Å². The first-order valence-electron chi connectivity index (χ1n) is 7.42. The Kier molecular flexibility index (Phi) is 4.60. The zero-order valence-corrected chi connectivity index (χ0v) is 12.3. The van der Waals surface area contributed by atoms with E-state index < -0.39 is 0 Å². The first-order valence-corrected chi connectivity index (χ1v) is 7.42. The lowest BCUT2D eigenvalue weighted by Crippen LogP contribution is -2.33. The third kappa shape index (κ3) is 4.02. The van der Waals surface area contributed by atoms with Crippen molar-refractivity contribution in [2.24, 2.45) is 5.10 Å². The Morgan fingerprint density at radius 1 is 1.23 bits per heavy atom. The van der Waals surface area contributed by atoms with E-state index in [-0.39, 0.29) is 5.56 Å². The fourth-order valence-corrected chi connectivity index (χ4v) is 2.49. The van der Waals surface area contributed by atoms with Crippen LogP contribution in [-0.2, 0) is 6.54 Å². The number of hydrogen-bond donors (Lipinski definition) is 2. The second kappa shape index (κ2) is 7.00. The van der Waals surface area contributed by atoms with Gasteiger partial charge in [-0.1, -0.05) is 30.3 Å². The highest BCUT2D eigenvalue weighted by molar-refractivity contribution is 5.86. The van der Waals surface area contributed by atoms with Crippen molar-refractivity contribution in [2.45, 2.75) is 19.4 Å². The molecule has 3 rings (SSSR count). The van der Waals surface area contributed by atoms with Gasteiger partial charge >= 0.3 is 0 Å². The lowest BCUT2D eigenvalue weighted by Gasteiger charge is -2.27. The van der Waals surface area contributed by atoms with Gasteiger partial charge in [0.2, 0.25) is 0 Å². The third-order valence-corrected chi connectivity index (χ3v) is 3.69. The first-order chi connectivity index (χ1) is 10.8. The lowest BCUT2D eigenvalue weighted by atomic mass is 10.1. The van der Waals surface area contributed by atoms with Crippen LogP contribution in [0.5, 0.6) is 0 Å². The molecule has 0 bridgehead atoms. The summed E-state index contributed by atoms with van der Waals surface area (Å²) in [5.41, 5.74) is 5.13. The molecule has 6 nitrogen and oxygen atoms in total. The van der Waals surface area contributed by atoms with E-state index in [0.29, 0.717) is 5.82 Å². The Hall–Kier alpha value is -2.47. The number of nitrogens with one attached hydrogen (secondary N) is 2. The molecule has 114 valence electrons. The van der Waals surface area contributed by atoms with Crippen LogP contribution in [0.1, 0.15) is 18.4 Å². The summed E-state index contributed by atoms with van der Waals surface area (Å²) in [6.45, 7) is 2.98. The summed E-state index contributed by atoms with van der Waals surface area (Å²) in [7, 11) is 0. The molecule has 1 aliphatic rings. The van der Waals surface area contributed by atoms with Crippen molar-refractivity contribution >= 4 is 11.5 Å². The van der Waals surface area contributed by atoms with E-state index >= 15 is 0 Å². The topological polar surface area (TPSA) is 73.4 Å². The van der Waals surface area contributed by atoms with E-state index in [2.05, 4.69) is 49.7 Å². The number of nitrogens with zero attached hydrogens (tertiary/aromatic N) is 3. The van der Waals surface area contributed by atoms with Crippen LogP contribution in [-0.4, -0.2) is 33.7 Å². The molecule has 2 heterocycles. The number of benzene rings is 1. The second-order valence-electron chi connectivity index (χ2n) is 5.35. The van der Waals surface area contributed by atoms with Gasteiger partial charge in [-0.25, -0.2) is 4.98 Å². The number of hydrogen-bond acceptors (Lipinski definition) is 5. The molecule has 22 heavy (non-hydrogen) atoms. The van der Waals surface area contributed by atoms with Crippen LogP contribution in [0.25, 0.3) is 0 Å². The Labute approximate surface area is 128 Å². The fraction of sp³-hybridized carbons (Fsp3) is 0.312. The molecule has 1 fully saturated rings. The van der Waals surface area contributed by atoms with Crippen molar-refractivity contribution in [3.63, 3.8) is 0 Å². The summed E-state index contributed by atoms with van der Waals surface area (Å²) < 4.78 is 0. The molecule has 1 aromatic carbocycles. The molecule has 0 aliphatic carbocycles. The van der Waals surface area contributed by atoms with E-state index in [1.54, 1.807) is 0 Å². The molecule has 0 atom stereocenters. The number of piperidine rings is 1. The minimum absolute atomic E-state index is 0.185.